The van der Waals surface area contributed by atoms with Crippen molar-refractivity contribution >= 4 is 5.91 Å². The summed E-state index contributed by atoms with van der Waals surface area (Å²) in [6.45, 7) is 3.01. The molecular formula is C18H20F2N2O2. The van der Waals surface area contributed by atoms with E-state index in [-0.39, 0.29) is 24.1 Å². The molecule has 0 bridgehead atoms. The molecule has 2 aromatic rings. The summed E-state index contributed by atoms with van der Waals surface area (Å²) < 4.78 is 32.9. The van der Waals surface area contributed by atoms with Crippen LogP contribution in [0, 0.1) is 11.6 Å². The molecule has 0 aliphatic heterocycles. The monoisotopic (exact) mass is 334 g/mol. The maximum absolute atomic E-state index is 14.0. The zero-order valence-electron chi connectivity index (χ0n) is 13.4. The van der Waals surface area contributed by atoms with Gasteiger partial charge in [-0.3, -0.25) is 4.79 Å². The number of hydrogen-bond donors (Lipinski definition) is 2. The maximum atomic E-state index is 14.0. The van der Waals surface area contributed by atoms with Crippen molar-refractivity contribution in [3.05, 3.63) is 65.2 Å². The van der Waals surface area contributed by atoms with Gasteiger partial charge in [0.25, 0.3) is 0 Å². The molecule has 1 amide bonds. The predicted octanol–water partition coefficient (Wildman–Crippen LogP) is 2.77. The summed E-state index contributed by atoms with van der Waals surface area (Å²) in [6, 6.07) is 10.9. The van der Waals surface area contributed by atoms with E-state index in [1.54, 1.807) is 24.3 Å². The molecule has 0 atom stereocenters. The van der Waals surface area contributed by atoms with Crippen LogP contribution in [0.2, 0.25) is 0 Å². The molecule has 0 aromatic heterocycles. The molecule has 2 aromatic carbocycles. The Morgan fingerprint density at radius 1 is 1.08 bits per heavy atom. The number of ether oxygens (including phenoxy) is 1. The van der Waals surface area contributed by atoms with Gasteiger partial charge in [0.15, 0.2) is 11.6 Å². The zero-order valence-corrected chi connectivity index (χ0v) is 13.4. The van der Waals surface area contributed by atoms with Gasteiger partial charge in [0.2, 0.25) is 5.91 Å². The summed E-state index contributed by atoms with van der Waals surface area (Å²) >= 11 is 0. The first-order valence-corrected chi connectivity index (χ1v) is 7.66. The highest BCUT2D eigenvalue weighted by atomic mass is 19.1. The molecule has 0 aliphatic rings. The number of amides is 1. The molecule has 0 unspecified atom stereocenters. The minimum Gasteiger partial charge on any atom is -0.486 e. The average Bonchev–Trinajstić information content (AvgIpc) is 2.55. The van der Waals surface area contributed by atoms with E-state index in [0.29, 0.717) is 25.2 Å². The van der Waals surface area contributed by atoms with Crippen molar-refractivity contribution < 1.29 is 18.3 Å². The molecule has 0 aliphatic carbocycles. The normalized spacial score (nSPS) is 10.5. The highest BCUT2D eigenvalue weighted by Gasteiger charge is 2.07. The van der Waals surface area contributed by atoms with E-state index in [1.165, 1.54) is 25.1 Å². The number of benzene rings is 2. The molecule has 0 radical (unpaired) electrons. The van der Waals surface area contributed by atoms with Crippen LogP contribution in [0.25, 0.3) is 0 Å². The Morgan fingerprint density at radius 2 is 1.88 bits per heavy atom. The van der Waals surface area contributed by atoms with E-state index in [0.717, 1.165) is 5.56 Å². The Hall–Kier alpha value is -2.47. The Labute approximate surface area is 139 Å². The number of rotatable bonds is 8. The van der Waals surface area contributed by atoms with Crippen molar-refractivity contribution in [2.24, 2.45) is 0 Å². The molecular weight excluding hydrogens is 314 g/mol. The molecule has 6 heteroatoms. The highest BCUT2D eigenvalue weighted by molar-refractivity contribution is 5.72. The SMILES string of the molecule is CC(=O)NCCNCc1ccc(OCc2ccccc2F)c(F)c1. The van der Waals surface area contributed by atoms with Crippen molar-refractivity contribution in [2.45, 2.75) is 20.1 Å². The quantitative estimate of drug-likeness (QED) is 0.730. The smallest absolute Gasteiger partial charge is 0.216 e. The second kappa shape index (κ2) is 8.98. The maximum Gasteiger partial charge on any atom is 0.216 e. The second-order valence-electron chi connectivity index (χ2n) is 5.30. The summed E-state index contributed by atoms with van der Waals surface area (Å²) in [5.74, 6) is -0.871. The fourth-order valence-electron chi connectivity index (χ4n) is 2.10. The van der Waals surface area contributed by atoms with Crippen molar-refractivity contribution in [1.29, 1.82) is 0 Å². The Balaban J connectivity index is 1.83. The summed E-state index contributed by atoms with van der Waals surface area (Å²) in [4.78, 5) is 10.7. The van der Waals surface area contributed by atoms with Gasteiger partial charge < -0.3 is 15.4 Å². The standard InChI is InChI=1S/C18H20F2N2O2/c1-13(23)22-9-8-21-11-14-6-7-18(17(20)10-14)24-12-15-4-2-3-5-16(15)19/h2-7,10,21H,8-9,11-12H2,1H3,(H,22,23). The van der Waals surface area contributed by atoms with Gasteiger partial charge in [0.1, 0.15) is 12.4 Å². The van der Waals surface area contributed by atoms with Gasteiger partial charge in [-0.2, -0.15) is 0 Å². The van der Waals surface area contributed by atoms with Gasteiger partial charge in [-0.1, -0.05) is 24.3 Å². The molecule has 2 rings (SSSR count). The highest BCUT2D eigenvalue weighted by Crippen LogP contribution is 2.20. The van der Waals surface area contributed by atoms with Crippen LogP contribution < -0.4 is 15.4 Å². The molecule has 128 valence electrons. The van der Waals surface area contributed by atoms with Crippen LogP contribution in [0.4, 0.5) is 8.78 Å². The van der Waals surface area contributed by atoms with Crippen molar-refractivity contribution in [3.8, 4) is 5.75 Å². The van der Waals surface area contributed by atoms with Crippen LogP contribution >= 0.6 is 0 Å². The minimum absolute atomic E-state index is 0.0299. The Morgan fingerprint density at radius 3 is 2.58 bits per heavy atom. The van der Waals surface area contributed by atoms with Gasteiger partial charge in [0.05, 0.1) is 0 Å². The molecule has 0 saturated heterocycles. The lowest BCUT2D eigenvalue weighted by Crippen LogP contribution is -2.29. The van der Waals surface area contributed by atoms with Crippen molar-refractivity contribution in [2.75, 3.05) is 13.1 Å². The molecule has 0 fully saturated rings. The predicted molar refractivity (Wildman–Crippen MR) is 87.5 cm³/mol. The lowest BCUT2D eigenvalue weighted by molar-refractivity contribution is -0.118. The number of nitrogens with one attached hydrogen (secondary N) is 2. The van der Waals surface area contributed by atoms with Crippen molar-refractivity contribution in [3.63, 3.8) is 0 Å². The molecule has 4 nitrogen and oxygen atoms in total. The van der Waals surface area contributed by atoms with Crippen LogP contribution in [0.1, 0.15) is 18.1 Å². The van der Waals surface area contributed by atoms with Gasteiger partial charge >= 0.3 is 0 Å². The van der Waals surface area contributed by atoms with Gasteiger partial charge in [-0.15, -0.1) is 0 Å². The molecule has 0 spiro atoms. The summed E-state index contributed by atoms with van der Waals surface area (Å²) in [7, 11) is 0. The summed E-state index contributed by atoms with van der Waals surface area (Å²) in [5, 5.41) is 5.76. The van der Waals surface area contributed by atoms with E-state index >= 15 is 0 Å². The Bertz CT molecular complexity index is 692. The number of hydrogen-bond acceptors (Lipinski definition) is 3. The van der Waals surface area contributed by atoms with E-state index in [4.69, 9.17) is 4.74 Å². The first-order valence-electron chi connectivity index (χ1n) is 7.66. The number of carbonyl (C=O) groups excluding carboxylic acids is 1. The fourth-order valence-corrected chi connectivity index (χ4v) is 2.10. The molecule has 0 heterocycles. The third-order valence-electron chi connectivity index (χ3n) is 3.34. The minimum atomic E-state index is -0.493. The Kier molecular flexibility index (Phi) is 6.69. The first kappa shape index (κ1) is 17.9. The lowest BCUT2D eigenvalue weighted by Gasteiger charge is -2.10. The summed E-state index contributed by atoms with van der Waals surface area (Å²) in [5.41, 5.74) is 1.13. The van der Waals surface area contributed by atoms with Crippen LogP contribution in [0.3, 0.4) is 0 Å². The van der Waals surface area contributed by atoms with Gasteiger partial charge in [-0.25, -0.2) is 8.78 Å². The third-order valence-corrected chi connectivity index (χ3v) is 3.34. The largest absolute Gasteiger partial charge is 0.486 e. The second-order valence-corrected chi connectivity index (χ2v) is 5.30. The van der Waals surface area contributed by atoms with Crippen LogP contribution in [-0.4, -0.2) is 19.0 Å². The first-order chi connectivity index (χ1) is 11.6. The van der Waals surface area contributed by atoms with E-state index < -0.39 is 5.82 Å². The number of carbonyl (C=O) groups is 1. The van der Waals surface area contributed by atoms with Crippen LogP contribution in [0.5, 0.6) is 5.75 Å². The van der Waals surface area contributed by atoms with Gasteiger partial charge in [0, 0.05) is 32.1 Å². The number of halogens is 2. The zero-order chi connectivity index (χ0) is 17.4. The molecule has 24 heavy (non-hydrogen) atoms. The van der Waals surface area contributed by atoms with E-state index in [2.05, 4.69) is 10.6 Å². The van der Waals surface area contributed by atoms with E-state index in [9.17, 15) is 13.6 Å². The molecule has 2 N–H and O–H groups in total. The fraction of sp³-hybridized carbons (Fsp3) is 0.278. The van der Waals surface area contributed by atoms with Crippen LogP contribution in [-0.2, 0) is 17.9 Å². The average molecular weight is 334 g/mol. The third kappa shape index (κ3) is 5.62. The van der Waals surface area contributed by atoms with E-state index in [1.807, 2.05) is 0 Å². The van der Waals surface area contributed by atoms with Crippen molar-refractivity contribution in [1.82, 2.24) is 10.6 Å². The topological polar surface area (TPSA) is 50.4 Å². The lowest BCUT2D eigenvalue weighted by atomic mass is 10.2. The summed E-state index contributed by atoms with van der Waals surface area (Å²) in [6.07, 6.45) is 0. The van der Waals surface area contributed by atoms with Gasteiger partial charge in [-0.05, 0) is 23.8 Å². The molecule has 0 saturated carbocycles. The van der Waals surface area contributed by atoms with Crippen LogP contribution in [0.15, 0.2) is 42.5 Å².